The molecule has 0 aliphatic carbocycles. The van der Waals surface area contributed by atoms with Gasteiger partial charge in [-0.2, -0.15) is 5.10 Å². The number of imide groups is 1. The number of anilines is 1. The number of hydrazone groups is 1. The molecule has 7 nitrogen and oxygen atoms in total. The highest BCUT2D eigenvalue weighted by Crippen LogP contribution is 2.35. The third kappa shape index (κ3) is 4.05. The van der Waals surface area contributed by atoms with Crippen molar-refractivity contribution < 1.29 is 14.4 Å². The molecule has 0 saturated carbocycles. The van der Waals surface area contributed by atoms with Gasteiger partial charge >= 0.3 is 0 Å². The fourth-order valence-corrected chi connectivity index (χ4v) is 5.10. The van der Waals surface area contributed by atoms with Crippen molar-refractivity contribution >= 4 is 51.0 Å². The Morgan fingerprint density at radius 2 is 1.76 bits per heavy atom. The van der Waals surface area contributed by atoms with Crippen molar-refractivity contribution in [1.82, 2.24) is 9.91 Å². The lowest BCUT2D eigenvalue weighted by molar-refractivity contribution is -0.137. The maximum atomic E-state index is 13.3. The molecule has 0 aromatic heterocycles. The summed E-state index contributed by atoms with van der Waals surface area (Å²) in [7, 11) is 3.95. The van der Waals surface area contributed by atoms with E-state index in [1.54, 1.807) is 0 Å². The summed E-state index contributed by atoms with van der Waals surface area (Å²) >= 11 is 0.925. The summed E-state index contributed by atoms with van der Waals surface area (Å²) < 4.78 is 0. The molecule has 34 heavy (non-hydrogen) atoms. The van der Waals surface area contributed by atoms with Crippen LogP contribution in [-0.2, 0) is 9.59 Å². The van der Waals surface area contributed by atoms with Gasteiger partial charge in [-0.3, -0.25) is 19.3 Å². The fourth-order valence-electron chi connectivity index (χ4n) is 4.38. The smallest absolute Gasteiger partial charge is 0.289 e. The highest BCUT2D eigenvalue weighted by molar-refractivity contribution is 8.14. The number of hydrogen-bond donors (Lipinski definition) is 0. The molecule has 5 rings (SSSR count). The van der Waals surface area contributed by atoms with Crippen LogP contribution in [0.25, 0.3) is 10.8 Å². The SMILES string of the molecule is CN(C)c1ccc(C2CC(c3cccc4ccccc34)=NN2C(=O)CN2C(=O)CSC2=O)cc1. The predicted molar refractivity (Wildman–Crippen MR) is 135 cm³/mol. The first-order valence-electron chi connectivity index (χ1n) is 11.0. The molecule has 1 unspecified atom stereocenters. The first-order chi connectivity index (χ1) is 16.4. The summed E-state index contributed by atoms with van der Waals surface area (Å²) in [5.41, 5.74) is 3.79. The number of rotatable bonds is 5. The number of thioether (sulfide) groups is 1. The summed E-state index contributed by atoms with van der Waals surface area (Å²) in [4.78, 5) is 40.6. The molecule has 0 bridgehead atoms. The number of carbonyl (C=O) groups is 3. The van der Waals surface area contributed by atoms with Crippen molar-refractivity contribution in [2.24, 2.45) is 5.10 Å². The molecular weight excluding hydrogens is 448 g/mol. The van der Waals surface area contributed by atoms with Crippen molar-refractivity contribution in [3.05, 3.63) is 77.9 Å². The molecule has 0 N–H and O–H groups in total. The topological polar surface area (TPSA) is 73.3 Å². The Morgan fingerprint density at radius 1 is 1.03 bits per heavy atom. The van der Waals surface area contributed by atoms with Crippen LogP contribution in [0.4, 0.5) is 10.5 Å². The summed E-state index contributed by atoms with van der Waals surface area (Å²) in [6.45, 7) is -0.302. The van der Waals surface area contributed by atoms with Crippen molar-refractivity contribution in [2.75, 3.05) is 31.3 Å². The van der Waals surface area contributed by atoms with Crippen molar-refractivity contribution in [1.29, 1.82) is 0 Å². The minimum absolute atomic E-state index is 0.0755. The average Bonchev–Trinajstić information content (AvgIpc) is 3.43. The van der Waals surface area contributed by atoms with E-state index in [9.17, 15) is 14.4 Å². The molecule has 1 fully saturated rings. The van der Waals surface area contributed by atoms with Crippen LogP contribution in [0.1, 0.15) is 23.6 Å². The van der Waals surface area contributed by atoms with Crippen LogP contribution in [0.2, 0.25) is 0 Å². The Morgan fingerprint density at radius 3 is 2.47 bits per heavy atom. The van der Waals surface area contributed by atoms with Crippen LogP contribution in [0.15, 0.2) is 71.8 Å². The molecule has 0 spiro atoms. The molecular formula is C26H24N4O3S. The molecule has 3 aromatic rings. The summed E-state index contributed by atoms with van der Waals surface area (Å²) in [5, 5.41) is 7.99. The van der Waals surface area contributed by atoms with E-state index >= 15 is 0 Å². The molecule has 1 atom stereocenters. The normalized spacial score (nSPS) is 18.1. The Kier molecular flexibility index (Phi) is 5.83. The van der Waals surface area contributed by atoms with Gasteiger partial charge in [0.15, 0.2) is 0 Å². The molecule has 172 valence electrons. The Hall–Kier alpha value is -3.65. The van der Waals surface area contributed by atoms with Crippen molar-refractivity contribution in [3.63, 3.8) is 0 Å². The summed E-state index contributed by atoms with van der Waals surface area (Å²) in [6, 6.07) is 21.9. The van der Waals surface area contributed by atoms with Gasteiger partial charge in [0.2, 0.25) is 5.91 Å². The highest BCUT2D eigenvalue weighted by Gasteiger charge is 2.38. The van der Waals surface area contributed by atoms with E-state index in [1.807, 2.05) is 67.5 Å². The van der Waals surface area contributed by atoms with E-state index in [0.717, 1.165) is 50.0 Å². The van der Waals surface area contributed by atoms with Crippen LogP contribution in [-0.4, -0.2) is 59.1 Å². The minimum atomic E-state index is -0.386. The summed E-state index contributed by atoms with van der Waals surface area (Å²) in [5.74, 6) is -0.639. The second-order valence-corrected chi connectivity index (χ2v) is 9.48. The lowest BCUT2D eigenvalue weighted by atomic mass is 9.95. The zero-order valence-electron chi connectivity index (χ0n) is 19.0. The Bertz CT molecular complexity index is 1300. The third-order valence-corrected chi connectivity index (χ3v) is 7.05. The van der Waals surface area contributed by atoms with Crippen LogP contribution >= 0.6 is 11.8 Å². The summed E-state index contributed by atoms with van der Waals surface area (Å²) in [6.07, 6.45) is 0.539. The van der Waals surface area contributed by atoms with Crippen LogP contribution in [0, 0.1) is 0 Å². The van der Waals surface area contributed by atoms with Crippen LogP contribution < -0.4 is 4.90 Å². The van der Waals surface area contributed by atoms with Gasteiger partial charge < -0.3 is 4.90 Å². The number of carbonyl (C=O) groups excluding carboxylic acids is 3. The molecule has 2 heterocycles. The monoisotopic (exact) mass is 472 g/mol. The van der Waals surface area contributed by atoms with E-state index in [1.165, 1.54) is 5.01 Å². The van der Waals surface area contributed by atoms with Gasteiger partial charge in [-0.15, -0.1) is 0 Å². The van der Waals surface area contributed by atoms with Gasteiger partial charge in [0.25, 0.3) is 11.1 Å². The average molecular weight is 473 g/mol. The largest absolute Gasteiger partial charge is 0.378 e. The zero-order chi connectivity index (χ0) is 23.8. The first-order valence-corrected chi connectivity index (χ1v) is 12.0. The maximum Gasteiger partial charge on any atom is 0.289 e. The Labute approximate surface area is 202 Å². The number of amides is 3. The zero-order valence-corrected chi connectivity index (χ0v) is 19.8. The third-order valence-electron chi connectivity index (χ3n) is 6.19. The highest BCUT2D eigenvalue weighted by atomic mass is 32.2. The second kappa shape index (κ2) is 8.95. The van der Waals surface area contributed by atoms with E-state index in [0.29, 0.717) is 6.42 Å². The van der Waals surface area contributed by atoms with Crippen molar-refractivity contribution in [3.8, 4) is 0 Å². The maximum absolute atomic E-state index is 13.3. The number of nitrogens with zero attached hydrogens (tertiary/aromatic N) is 4. The van der Waals surface area contributed by atoms with Gasteiger partial charge in [-0.1, -0.05) is 66.4 Å². The molecule has 3 aromatic carbocycles. The molecule has 3 amide bonds. The van der Waals surface area contributed by atoms with E-state index in [4.69, 9.17) is 5.10 Å². The fraction of sp³-hybridized carbons (Fsp3) is 0.231. The van der Waals surface area contributed by atoms with Crippen LogP contribution in [0.3, 0.4) is 0 Å². The molecule has 8 heteroatoms. The number of fused-ring (bicyclic) bond motifs is 1. The van der Waals surface area contributed by atoms with Gasteiger partial charge in [0, 0.05) is 31.8 Å². The van der Waals surface area contributed by atoms with E-state index in [2.05, 4.69) is 18.2 Å². The van der Waals surface area contributed by atoms with Gasteiger partial charge in [-0.25, -0.2) is 5.01 Å². The standard InChI is InChI=1S/C26H24N4O3S/c1-28(2)19-12-10-18(11-13-19)23-14-22(21-9-5-7-17-6-3-4-8-20(17)21)27-30(23)24(31)15-29-25(32)16-34-26(29)33/h3-13,23H,14-16H2,1-2H3. The quantitative estimate of drug-likeness (QED) is 0.554. The predicted octanol–water partition coefficient (Wildman–Crippen LogP) is 4.28. The van der Waals surface area contributed by atoms with Gasteiger partial charge in [0.1, 0.15) is 6.54 Å². The van der Waals surface area contributed by atoms with Crippen molar-refractivity contribution in [2.45, 2.75) is 12.5 Å². The molecule has 2 aliphatic rings. The lowest BCUT2D eigenvalue weighted by Crippen LogP contribution is -2.40. The minimum Gasteiger partial charge on any atom is -0.378 e. The van der Waals surface area contributed by atoms with Gasteiger partial charge in [-0.05, 0) is 28.5 Å². The van der Waals surface area contributed by atoms with Gasteiger partial charge in [0.05, 0.1) is 17.5 Å². The number of benzene rings is 3. The molecule has 0 radical (unpaired) electrons. The van der Waals surface area contributed by atoms with E-state index in [-0.39, 0.29) is 35.4 Å². The second-order valence-electron chi connectivity index (χ2n) is 8.55. The first kappa shape index (κ1) is 22.2. The Balaban J connectivity index is 1.52. The van der Waals surface area contributed by atoms with Crippen LogP contribution in [0.5, 0.6) is 0 Å². The molecule has 1 saturated heterocycles. The number of hydrogen-bond acceptors (Lipinski definition) is 6. The lowest BCUT2D eigenvalue weighted by Gasteiger charge is -2.24. The molecule has 2 aliphatic heterocycles. The van der Waals surface area contributed by atoms with E-state index < -0.39 is 0 Å².